The summed E-state index contributed by atoms with van der Waals surface area (Å²) >= 11 is 0. The van der Waals surface area contributed by atoms with Gasteiger partial charge in [0.25, 0.3) is 0 Å². The molecule has 48 valence electrons. The Hall–Kier alpha value is -0.603. The summed E-state index contributed by atoms with van der Waals surface area (Å²) in [5, 5.41) is 0. The summed E-state index contributed by atoms with van der Waals surface area (Å²) in [6, 6.07) is 0. The van der Waals surface area contributed by atoms with E-state index >= 15 is 0 Å². The van der Waals surface area contributed by atoms with Crippen LogP contribution >= 0.6 is 0 Å². The molecular formula is C2HF2LiO4. The molecule has 0 radical (unpaired) electrons. The molecule has 0 aromatic carbocycles. The molecule has 0 aromatic rings. The minimum absolute atomic E-state index is 0. The van der Waals surface area contributed by atoms with E-state index in [1.54, 1.807) is 0 Å². The Morgan fingerprint density at radius 1 is 1.11 bits per heavy atom. The number of hydrogen-bond acceptors (Lipinski definition) is 4. The molecule has 0 saturated heterocycles. The fraction of sp³-hybridized carbons (Fsp3) is 0. The van der Waals surface area contributed by atoms with Crippen molar-refractivity contribution in [1.29, 1.82) is 0 Å². The van der Waals surface area contributed by atoms with Crippen LogP contribution in [0.3, 0.4) is 0 Å². The Balaban J connectivity index is -0.000000245. The number of rotatable bonds is 0. The van der Waals surface area contributed by atoms with E-state index < -0.39 is 11.9 Å². The zero-order valence-corrected chi connectivity index (χ0v) is 4.39. The van der Waals surface area contributed by atoms with Crippen LogP contribution in [0.15, 0.2) is 0 Å². The summed E-state index contributed by atoms with van der Waals surface area (Å²) in [7, 11) is 0. The molecule has 0 amide bonds. The molecule has 0 saturated carbocycles. The standard InChI is InChI=1S/C2F2O4.Li.H/c3-7-1(5)2(6)8-4;;/q;+1;-1. The van der Waals surface area contributed by atoms with Crippen molar-refractivity contribution < 1.29 is 48.8 Å². The zero-order valence-electron chi connectivity index (χ0n) is 5.39. The fourth-order valence-corrected chi connectivity index (χ4v) is 0.0630. The molecule has 0 fully saturated rings. The Bertz CT molecular complexity index is 106. The van der Waals surface area contributed by atoms with Crippen LogP contribution in [0.2, 0.25) is 0 Å². The number of carbonyl (C=O) groups is 2. The summed E-state index contributed by atoms with van der Waals surface area (Å²) in [6.07, 6.45) is 0. The van der Waals surface area contributed by atoms with E-state index in [-0.39, 0.29) is 20.3 Å². The molecule has 7 heteroatoms. The fourth-order valence-electron chi connectivity index (χ4n) is 0.0630. The third kappa shape index (κ3) is 3.94. The number of hydrogen-bond donors (Lipinski definition) is 0. The maximum absolute atomic E-state index is 10.5. The van der Waals surface area contributed by atoms with Crippen molar-refractivity contribution in [1.82, 2.24) is 0 Å². The van der Waals surface area contributed by atoms with Gasteiger partial charge in [0.1, 0.15) is 0 Å². The van der Waals surface area contributed by atoms with Crippen molar-refractivity contribution in [3.05, 3.63) is 0 Å². The van der Waals surface area contributed by atoms with Crippen molar-refractivity contribution in [3.8, 4) is 0 Å². The Morgan fingerprint density at radius 3 is 1.44 bits per heavy atom. The van der Waals surface area contributed by atoms with Gasteiger partial charge in [-0.2, -0.15) is 0 Å². The molecule has 0 unspecified atom stereocenters. The quantitative estimate of drug-likeness (QED) is 0.261. The molecule has 0 atom stereocenters. The van der Waals surface area contributed by atoms with Crippen LogP contribution in [-0.2, 0) is 19.5 Å². The van der Waals surface area contributed by atoms with Crippen molar-refractivity contribution >= 4 is 11.9 Å². The Labute approximate surface area is 61.6 Å². The summed E-state index contributed by atoms with van der Waals surface area (Å²) in [5.41, 5.74) is 0. The van der Waals surface area contributed by atoms with Crippen LogP contribution in [-0.4, -0.2) is 11.9 Å². The van der Waals surface area contributed by atoms with Gasteiger partial charge in [0.05, 0.1) is 0 Å². The van der Waals surface area contributed by atoms with Gasteiger partial charge in [0.2, 0.25) is 0 Å². The van der Waals surface area contributed by atoms with E-state index in [1.807, 2.05) is 0 Å². The summed E-state index contributed by atoms with van der Waals surface area (Å²) in [6.45, 7) is 0. The van der Waals surface area contributed by atoms with Gasteiger partial charge >= 0.3 is 30.8 Å². The van der Waals surface area contributed by atoms with Crippen molar-refractivity contribution in [2.75, 3.05) is 0 Å². The van der Waals surface area contributed by atoms with Gasteiger partial charge in [-0.1, -0.05) is 0 Å². The topological polar surface area (TPSA) is 52.6 Å². The third-order valence-corrected chi connectivity index (χ3v) is 0.307. The molecular weight excluding hydrogens is 133 g/mol. The summed E-state index contributed by atoms with van der Waals surface area (Å²) < 4.78 is 21.0. The van der Waals surface area contributed by atoms with Gasteiger partial charge in [-0.15, -0.1) is 0 Å². The largest absolute Gasteiger partial charge is 1.00 e. The third-order valence-electron chi connectivity index (χ3n) is 0.307. The first-order chi connectivity index (χ1) is 3.72. The molecule has 0 aromatic heterocycles. The van der Waals surface area contributed by atoms with Crippen molar-refractivity contribution in [3.63, 3.8) is 0 Å². The Morgan fingerprint density at radius 2 is 1.33 bits per heavy atom. The molecule has 0 heterocycles. The van der Waals surface area contributed by atoms with E-state index in [1.165, 1.54) is 0 Å². The first-order valence-corrected chi connectivity index (χ1v) is 1.38. The molecule has 0 N–H and O–H groups in total. The smallest absolute Gasteiger partial charge is 1.00 e. The van der Waals surface area contributed by atoms with Gasteiger partial charge in [0.15, 0.2) is 0 Å². The molecule has 0 aliphatic carbocycles. The van der Waals surface area contributed by atoms with E-state index in [0.29, 0.717) is 0 Å². The van der Waals surface area contributed by atoms with Crippen LogP contribution in [0.25, 0.3) is 0 Å². The maximum atomic E-state index is 10.5. The molecule has 0 bridgehead atoms. The average Bonchev–Trinajstić information content (AvgIpc) is 1.84. The van der Waals surface area contributed by atoms with Gasteiger partial charge in [-0.05, 0) is 0 Å². The van der Waals surface area contributed by atoms with Gasteiger partial charge in [-0.25, -0.2) is 19.5 Å². The van der Waals surface area contributed by atoms with Crippen LogP contribution in [0.1, 0.15) is 1.43 Å². The average molecular weight is 134 g/mol. The zero-order chi connectivity index (χ0) is 6.57. The monoisotopic (exact) mass is 134 g/mol. The van der Waals surface area contributed by atoms with Crippen LogP contribution in [0.4, 0.5) is 9.05 Å². The maximum Gasteiger partial charge on any atom is 1.00 e. The first-order valence-electron chi connectivity index (χ1n) is 1.38. The molecule has 4 nitrogen and oxygen atoms in total. The normalized spacial score (nSPS) is 6.89. The van der Waals surface area contributed by atoms with E-state index in [2.05, 4.69) is 9.88 Å². The molecule has 0 spiro atoms. The molecule has 0 aliphatic rings. The summed E-state index contributed by atoms with van der Waals surface area (Å²) in [5.74, 6) is -4.04. The predicted molar refractivity (Wildman–Crippen MR) is 15.5 cm³/mol. The summed E-state index contributed by atoms with van der Waals surface area (Å²) in [4.78, 5) is 23.4. The minimum Gasteiger partial charge on any atom is -1.00 e. The minimum atomic E-state index is -2.02. The second-order valence-corrected chi connectivity index (χ2v) is 0.729. The van der Waals surface area contributed by atoms with Crippen LogP contribution in [0.5, 0.6) is 0 Å². The van der Waals surface area contributed by atoms with Crippen LogP contribution in [0, 0.1) is 0 Å². The molecule has 0 aliphatic heterocycles. The van der Waals surface area contributed by atoms with E-state index in [9.17, 15) is 18.6 Å². The van der Waals surface area contributed by atoms with Gasteiger partial charge in [-0.3, -0.25) is 0 Å². The predicted octanol–water partition coefficient (Wildman–Crippen LogP) is -3.04. The van der Waals surface area contributed by atoms with E-state index in [0.717, 1.165) is 0 Å². The van der Waals surface area contributed by atoms with Crippen molar-refractivity contribution in [2.45, 2.75) is 0 Å². The van der Waals surface area contributed by atoms with E-state index in [4.69, 9.17) is 0 Å². The molecule has 0 rings (SSSR count). The molecule has 9 heavy (non-hydrogen) atoms. The van der Waals surface area contributed by atoms with Crippen LogP contribution < -0.4 is 18.9 Å². The van der Waals surface area contributed by atoms with Crippen molar-refractivity contribution in [2.24, 2.45) is 0 Å². The number of carbonyl (C=O) groups excluding carboxylic acids is 2. The second-order valence-electron chi connectivity index (χ2n) is 0.729. The first kappa shape index (κ1) is 11.2. The van der Waals surface area contributed by atoms with Gasteiger partial charge in [0, 0.05) is 9.05 Å². The Kier molecular flexibility index (Phi) is 6.90. The SMILES string of the molecule is O=C(OF)C(=O)OF.[H-].[Li+]. The van der Waals surface area contributed by atoms with Gasteiger partial charge < -0.3 is 1.43 Å². The number of halogens is 2. The second kappa shape index (κ2) is 5.53.